The summed E-state index contributed by atoms with van der Waals surface area (Å²) < 4.78 is 4.45. The Hall–Kier alpha value is -1.78. The monoisotopic (exact) mass is 172 g/mol. The van der Waals surface area contributed by atoms with Crippen molar-refractivity contribution in [3.63, 3.8) is 0 Å². The van der Waals surface area contributed by atoms with Crippen LogP contribution in [-0.4, -0.2) is 12.0 Å². The van der Waals surface area contributed by atoms with Gasteiger partial charge in [0.1, 0.15) is 0 Å². The molecule has 0 aromatic rings. The van der Waals surface area contributed by atoms with E-state index in [2.05, 4.69) is 29.4 Å². The van der Waals surface area contributed by atoms with E-state index in [-0.39, 0.29) is 0 Å². The third kappa shape index (κ3) is 24.1. The average Bonchev–Trinajstić information content (AvgIpc) is 1.84. The highest BCUT2D eigenvalue weighted by Crippen LogP contribution is 1.89. The Labute approximate surface area is 70.7 Å². The highest BCUT2D eigenvalue weighted by Gasteiger charge is 1.91. The Morgan fingerprint density at radius 3 is 1.83 bits per heavy atom. The number of hydrogen-bond donors (Lipinski definition) is 2. The minimum atomic E-state index is -0.833. The number of amides is 2. The first kappa shape index (κ1) is 12.9. The van der Waals surface area contributed by atoms with E-state index in [0.717, 1.165) is 6.08 Å². The molecule has 0 unspecified atom stereocenters. The Morgan fingerprint density at radius 1 is 1.42 bits per heavy atom. The number of primary amides is 2. The summed E-state index contributed by atoms with van der Waals surface area (Å²) in [6, 6.07) is -0.833. The predicted octanol–water partition coefficient (Wildman–Crippen LogP) is 0.273. The molecule has 0 bridgehead atoms. The van der Waals surface area contributed by atoms with E-state index in [1.807, 2.05) is 0 Å². The number of hydrogen-bond acceptors (Lipinski definition) is 3. The average molecular weight is 172 g/mol. The Morgan fingerprint density at radius 2 is 1.75 bits per heavy atom. The summed E-state index contributed by atoms with van der Waals surface area (Å²) in [6.07, 6.45) is 1.09. The number of nitrogens with two attached hydrogens (primary N) is 2. The van der Waals surface area contributed by atoms with Gasteiger partial charge in [-0.2, -0.15) is 0 Å². The molecule has 0 heterocycles. The molecule has 0 saturated heterocycles. The van der Waals surface area contributed by atoms with Crippen molar-refractivity contribution in [2.75, 3.05) is 0 Å². The number of urea groups is 1. The second-order valence-electron chi connectivity index (χ2n) is 1.73. The summed E-state index contributed by atoms with van der Waals surface area (Å²) in [5, 5.41) is 0. The first-order valence-corrected chi connectivity index (χ1v) is 2.94. The molecular weight excluding hydrogens is 160 g/mol. The van der Waals surface area contributed by atoms with Crippen LogP contribution in [0.2, 0.25) is 0 Å². The molecule has 0 saturated carbocycles. The lowest BCUT2D eigenvalue weighted by Crippen LogP contribution is -2.18. The summed E-state index contributed by atoms with van der Waals surface area (Å²) in [7, 11) is 0. The molecule has 0 spiro atoms. The highest BCUT2D eigenvalue weighted by atomic mass is 16.5. The van der Waals surface area contributed by atoms with Crippen molar-refractivity contribution in [3.8, 4) is 0 Å². The highest BCUT2D eigenvalue weighted by molar-refractivity contribution is 5.81. The molecule has 0 aromatic heterocycles. The lowest BCUT2D eigenvalue weighted by atomic mass is 10.6. The van der Waals surface area contributed by atoms with E-state index in [1.54, 1.807) is 6.92 Å². The zero-order valence-corrected chi connectivity index (χ0v) is 6.87. The van der Waals surface area contributed by atoms with Gasteiger partial charge in [0.2, 0.25) is 0 Å². The normalized spacial score (nSPS) is 7.08. The number of rotatable bonds is 2. The zero-order valence-electron chi connectivity index (χ0n) is 6.87. The van der Waals surface area contributed by atoms with Gasteiger partial charge in [-0.25, -0.2) is 9.59 Å². The van der Waals surface area contributed by atoms with Crippen LogP contribution in [-0.2, 0) is 9.53 Å². The van der Waals surface area contributed by atoms with Gasteiger partial charge in [0.25, 0.3) is 0 Å². The van der Waals surface area contributed by atoms with Crippen LogP contribution in [0, 0.1) is 0 Å². The van der Waals surface area contributed by atoms with Gasteiger partial charge >= 0.3 is 12.0 Å². The van der Waals surface area contributed by atoms with E-state index in [0.29, 0.717) is 5.76 Å². The van der Waals surface area contributed by atoms with Crippen molar-refractivity contribution < 1.29 is 14.3 Å². The van der Waals surface area contributed by atoms with Gasteiger partial charge < -0.3 is 16.2 Å². The standard InChI is InChI=1S/C6H8O2.CH4N2O/c1-4-6(7)8-5(2)3;2-1(3)4/h4H,1-2H2,3H3;(H4,2,3,4). The Bertz CT molecular complexity index is 195. The van der Waals surface area contributed by atoms with Crippen LogP contribution < -0.4 is 11.5 Å². The molecule has 5 nitrogen and oxygen atoms in total. The second kappa shape index (κ2) is 7.33. The van der Waals surface area contributed by atoms with Gasteiger partial charge in [0, 0.05) is 6.08 Å². The van der Waals surface area contributed by atoms with Gasteiger partial charge in [-0.05, 0) is 6.92 Å². The summed E-state index contributed by atoms with van der Waals surface area (Å²) >= 11 is 0. The molecule has 0 rings (SSSR count). The van der Waals surface area contributed by atoms with E-state index in [4.69, 9.17) is 4.79 Å². The van der Waals surface area contributed by atoms with Gasteiger partial charge in [-0.1, -0.05) is 13.2 Å². The fourth-order valence-electron chi connectivity index (χ4n) is 0.213. The van der Waals surface area contributed by atoms with Crippen molar-refractivity contribution in [2.45, 2.75) is 6.92 Å². The van der Waals surface area contributed by atoms with Gasteiger partial charge in [0.15, 0.2) is 0 Å². The summed E-state index contributed by atoms with van der Waals surface area (Å²) in [5.74, 6) is -0.0765. The molecule has 0 aliphatic rings. The van der Waals surface area contributed by atoms with E-state index in [1.165, 1.54) is 0 Å². The van der Waals surface area contributed by atoms with Gasteiger partial charge in [0.05, 0.1) is 5.76 Å². The largest absolute Gasteiger partial charge is 0.429 e. The van der Waals surface area contributed by atoms with Crippen molar-refractivity contribution in [1.82, 2.24) is 0 Å². The number of carbonyl (C=O) groups excluding carboxylic acids is 2. The molecule has 0 atom stereocenters. The maximum Gasteiger partial charge on any atom is 0.335 e. The van der Waals surface area contributed by atoms with Crippen molar-refractivity contribution >= 4 is 12.0 Å². The fourth-order valence-corrected chi connectivity index (χ4v) is 0.213. The molecule has 4 N–H and O–H groups in total. The molecule has 12 heavy (non-hydrogen) atoms. The molecule has 0 radical (unpaired) electrons. The summed E-state index contributed by atoms with van der Waals surface area (Å²) in [4.78, 5) is 19.2. The van der Waals surface area contributed by atoms with Gasteiger partial charge in [-0.3, -0.25) is 0 Å². The quantitative estimate of drug-likeness (QED) is 0.355. The third-order valence-corrected chi connectivity index (χ3v) is 0.441. The van der Waals surface area contributed by atoms with Crippen LogP contribution in [0.5, 0.6) is 0 Å². The first-order valence-electron chi connectivity index (χ1n) is 2.94. The molecule has 0 aromatic carbocycles. The molecule has 5 heteroatoms. The Kier molecular flexibility index (Phi) is 7.85. The van der Waals surface area contributed by atoms with Crippen molar-refractivity contribution in [3.05, 3.63) is 25.0 Å². The molecule has 0 aliphatic heterocycles. The predicted molar refractivity (Wildman–Crippen MR) is 44.9 cm³/mol. The van der Waals surface area contributed by atoms with Crippen LogP contribution in [0.1, 0.15) is 6.92 Å². The zero-order chi connectivity index (χ0) is 10.1. The molecule has 68 valence electrons. The Balaban J connectivity index is 0. The maximum absolute atomic E-state index is 10.2. The minimum absolute atomic E-state index is 0.384. The number of esters is 1. The van der Waals surface area contributed by atoms with Crippen LogP contribution in [0.3, 0.4) is 0 Å². The van der Waals surface area contributed by atoms with Crippen molar-refractivity contribution in [2.24, 2.45) is 11.5 Å². The first-order chi connectivity index (χ1) is 5.40. The summed E-state index contributed by atoms with van der Waals surface area (Å²) in [6.45, 7) is 8.15. The lowest BCUT2D eigenvalue weighted by Gasteiger charge is -1.94. The van der Waals surface area contributed by atoms with Gasteiger partial charge in [-0.15, -0.1) is 0 Å². The van der Waals surface area contributed by atoms with Crippen LogP contribution in [0.15, 0.2) is 25.0 Å². The van der Waals surface area contributed by atoms with E-state index in [9.17, 15) is 4.79 Å². The second-order valence-corrected chi connectivity index (χ2v) is 1.73. The number of ether oxygens (including phenoxy) is 1. The molecule has 0 aliphatic carbocycles. The fraction of sp³-hybridized carbons (Fsp3) is 0.143. The molecule has 2 amide bonds. The number of carbonyl (C=O) groups is 2. The smallest absolute Gasteiger partial charge is 0.335 e. The van der Waals surface area contributed by atoms with Crippen LogP contribution in [0.4, 0.5) is 4.79 Å². The number of allylic oxidation sites excluding steroid dienone is 1. The maximum atomic E-state index is 10.2. The molecular formula is C7H12N2O3. The van der Waals surface area contributed by atoms with Crippen LogP contribution >= 0.6 is 0 Å². The van der Waals surface area contributed by atoms with E-state index < -0.39 is 12.0 Å². The summed E-state index contributed by atoms with van der Waals surface area (Å²) in [5.41, 5.74) is 8.50. The van der Waals surface area contributed by atoms with Crippen molar-refractivity contribution in [1.29, 1.82) is 0 Å². The lowest BCUT2D eigenvalue weighted by molar-refractivity contribution is -0.133. The van der Waals surface area contributed by atoms with Crippen LogP contribution in [0.25, 0.3) is 0 Å². The topological polar surface area (TPSA) is 95.4 Å². The third-order valence-electron chi connectivity index (χ3n) is 0.441. The van der Waals surface area contributed by atoms with E-state index >= 15 is 0 Å². The molecule has 0 fully saturated rings. The SMILES string of the molecule is C=CC(=O)OC(=C)C.NC(N)=O. The minimum Gasteiger partial charge on any atom is -0.429 e.